The lowest BCUT2D eigenvalue weighted by atomic mass is 9.98. The van der Waals surface area contributed by atoms with Crippen LogP contribution in [0.3, 0.4) is 0 Å². The number of benzene rings is 1. The smallest absolute Gasteiger partial charge is 0.113 e. The molecule has 3 heteroatoms. The maximum atomic E-state index is 9.72. The summed E-state index contributed by atoms with van der Waals surface area (Å²) in [5.74, 6) is 0. The minimum atomic E-state index is -0.483. The van der Waals surface area contributed by atoms with Crippen molar-refractivity contribution in [3.8, 4) is 11.1 Å². The van der Waals surface area contributed by atoms with Gasteiger partial charge in [-0.3, -0.25) is 0 Å². The van der Waals surface area contributed by atoms with Gasteiger partial charge in [-0.2, -0.15) is 0 Å². The minimum absolute atomic E-state index is 0.483. The van der Waals surface area contributed by atoms with E-state index in [1.54, 1.807) is 13.1 Å². The molecule has 16 heavy (non-hydrogen) atoms. The van der Waals surface area contributed by atoms with Crippen LogP contribution < -0.4 is 0 Å². The fourth-order valence-corrected chi connectivity index (χ4v) is 2.16. The molecule has 0 saturated carbocycles. The van der Waals surface area contributed by atoms with Gasteiger partial charge in [0.15, 0.2) is 0 Å². The van der Waals surface area contributed by atoms with Gasteiger partial charge >= 0.3 is 0 Å². The van der Waals surface area contributed by atoms with Crippen molar-refractivity contribution in [2.45, 2.75) is 13.0 Å². The Bertz CT molecular complexity index is 497. The maximum Gasteiger partial charge on any atom is 0.113 e. The van der Waals surface area contributed by atoms with Crippen LogP contribution in [0.4, 0.5) is 0 Å². The molecule has 1 atom stereocenters. The van der Waals surface area contributed by atoms with Gasteiger partial charge < -0.3 is 5.11 Å². The summed E-state index contributed by atoms with van der Waals surface area (Å²) in [6, 6.07) is 11.7. The zero-order valence-electron chi connectivity index (χ0n) is 8.89. The van der Waals surface area contributed by atoms with Crippen molar-refractivity contribution < 1.29 is 5.11 Å². The van der Waals surface area contributed by atoms with Crippen LogP contribution in [0.15, 0.2) is 47.2 Å². The summed E-state index contributed by atoms with van der Waals surface area (Å²) in [6.07, 6.45) is 1.25. The average molecular weight is 278 g/mol. The molecule has 0 radical (unpaired) electrons. The quantitative estimate of drug-likeness (QED) is 0.852. The van der Waals surface area contributed by atoms with E-state index in [-0.39, 0.29) is 0 Å². The van der Waals surface area contributed by atoms with E-state index in [2.05, 4.69) is 20.9 Å². The Morgan fingerprint density at radius 3 is 2.50 bits per heavy atom. The van der Waals surface area contributed by atoms with Crippen molar-refractivity contribution in [3.63, 3.8) is 0 Å². The van der Waals surface area contributed by atoms with E-state index >= 15 is 0 Å². The molecule has 2 nitrogen and oxygen atoms in total. The molecule has 0 aliphatic carbocycles. The van der Waals surface area contributed by atoms with E-state index in [4.69, 9.17) is 0 Å². The molecule has 1 aromatic carbocycles. The monoisotopic (exact) mass is 277 g/mol. The molecule has 0 bridgehead atoms. The summed E-state index contributed by atoms with van der Waals surface area (Å²) < 4.78 is 0.795. The molecule has 0 saturated heterocycles. The second-order valence-electron chi connectivity index (χ2n) is 3.60. The lowest BCUT2D eigenvalue weighted by Crippen LogP contribution is -1.95. The van der Waals surface area contributed by atoms with Crippen LogP contribution in [0, 0.1) is 0 Å². The van der Waals surface area contributed by atoms with E-state index in [1.165, 1.54) is 0 Å². The van der Waals surface area contributed by atoms with Crippen LogP contribution in [-0.2, 0) is 0 Å². The Morgan fingerprint density at radius 1 is 1.12 bits per heavy atom. The molecule has 2 aromatic rings. The lowest BCUT2D eigenvalue weighted by Gasteiger charge is -2.12. The fourth-order valence-electron chi connectivity index (χ4n) is 1.69. The van der Waals surface area contributed by atoms with Crippen LogP contribution >= 0.6 is 15.9 Å². The van der Waals surface area contributed by atoms with Crippen LogP contribution in [0.1, 0.15) is 18.6 Å². The Hall–Kier alpha value is -1.19. The number of hydrogen-bond donors (Lipinski definition) is 1. The van der Waals surface area contributed by atoms with Crippen molar-refractivity contribution in [1.82, 2.24) is 4.98 Å². The zero-order valence-corrected chi connectivity index (χ0v) is 10.5. The minimum Gasteiger partial charge on any atom is -0.389 e. The topological polar surface area (TPSA) is 33.1 Å². The molecule has 2 rings (SSSR count). The normalized spacial score (nSPS) is 12.4. The second-order valence-corrected chi connectivity index (χ2v) is 4.36. The van der Waals surface area contributed by atoms with Gasteiger partial charge in [0.05, 0.1) is 6.10 Å². The summed E-state index contributed by atoms with van der Waals surface area (Å²) in [7, 11) is 0. The van der Waals surface area contributed by atoms with Gasteiger partial charge in [-0.05, 0) is 40.0 Å². The summed E-state index contributed by atoms with van der Waals surface area (Å²) in [5.41, 5.74) is 2.92. The van der Waals surface area contributed by atoms with Gasteiger partial charge in [-0.25, -0.2) is 4.98 Å². The maximum absolute atomic E-state index is 9.72. The summed E-state index contributed by atoms with van der Waals surface area (Å²) in [6.45, 7) is 1.77. The number of aliphatic hydroxyl groups excluding tert-OH is 1. The third-order valence-corrected chi connectivity index (χ3v) is 3.09. The molecule has 0 amide bonds. The molecule has 82 valence electrons. The first kappa shape index (κ1) is 11.3. The zero-order chi connectivity index (χ0) is 11.5. The van der Waals surface area contributed by atoms with E-state index in [0.29, 0.717) is 0 Å². The predicted octanol–water partition coefficient (Wildman–Crippen LogP) is 3.56. The van der Waals surface area contributed by atoms with Crippen LogP contribution in [0.2, 0.25) is 0 Å². The Labute approximate surface area is 103 Å². The molecule has 0 aliphatic rings. The molecule has 0 spiro atoms. The van der Waals surface area contributed by atoms with E-state index in [1.807, 2.05) is 36.4 Å². The second kappa shape index (κ2) is 4.76. The highest BCUT2D eigenvalue weighted by molar-refractivity contribution is 9.10. The number of aromatic nitrogens is 1. The first-order chi connectivity index (χ1) is 7.70. The standard InChI is InChI=1S/C13H12BrNO/c1-9(16)10-5-2-3-6-11(10)12-7-4-8-15-13(12)14/h2-9,16H,1H3. The third-order valence-electron chi connectivity index (χ3n) is 2.46. The Balaban J connectivity index is 2.60. The highest BCUT2D eigenvalue weighted by Crippen LogP contribution is 2.31. The summed E-state index contributed by atoms with van der Waals surface area (Å²) in [4.78, 5) is 4.19. The van der Waals surface area contributed by atoms with E-state index < -0.39 is 6.10 Å². The Kier molecular flexibility index (Phi) is 3.36. The summed E-state index contributed by atoms with van der Waals surface area (Å²) in [5, 5.41) is 9.72. The van der Waals surface area contributed by atoms with E-state index in [0.717, 1.165) is 21.3 Å². The van der Waals surface area contributed by atoms with Gasteiger partial charge in [0, 0.05) is 11.8 Å². The predicted molar refractivity (Wildman–Crippen MR) is 68.0 cm³/mol. The van der Waals surface area contributed by atoms with Gasteiger partial charge in [-0.1, -0.05) is 30.3 Å². The summed E-state index contributed by atoms with van der Waals surface area (Å²) >= 11 is 3.42. The Morgan fingerprint density at radius 2 is 1.81 bits per heavy atom. The number of nitrogens with zero attached hydrogens (tertiary/aromatic N) is 1. The van der Waals surface area contributed by atoms with Crippen molar-refractivity contribution in [3.05, 3.63) is 52.8 Å². The molecular weight excluding hydrogens is 266 g/mol. The van der Waals surface area contributed by atoms with E-state index in [9.17, 15) is 5.11 Å². The molecule has 1 heterocycles. The van der Waals surface area contributed by atoms with Gasteiger partial charge in [-0.15, -0.1) is 0 Å². The highest BCUT2D eigenvalue weighted by Gasteiger charge is 2.11. The largest absolute Gasteiger partial charge is 0.389 e. The average Bonchev–Trinajstić information content (AvgIpc) is 2.29. The SMILES string of the molecule is CC(O)c1ccccc1-c1cccnc1Br. The third kappa shape index (κ3) is 2.15. The van der Waals surface area contributed by atoms with Crippen molar-refractivity contribution in [2.75, 3.05) is 0 Å². The first-order valence-corrected chi connectivity index (χ1v) is 5.87. The van der Waals surface area contributed by atoms with Crippen LogP contribution in [0.25, 0.3) is 11.1 Å². The molecule has 0 aliphatic heterocycles. The van der Waals surface area contributed by atoms with Gasteiger partial charge in [0.25, 0.3) is 0 Å². The molecular formula is C13H12BrNO. The van der Waals surface area contributed by atoms with Gasteiger partial charge in [0.1, 0.15) is 4.60 Å². The fraction of sp³-hybridized carbons (Fsp3) is 0.154. The van der Waals surface area contributed by atoms with Crippen molar-refractivity contribution in [1.29, 1.82) is 0 Å². The number of pyridine rings is 1. The van der Waals surface area contributed by atoms with Gasteiger partial charge in [0.2, 0.25) is 0 Å². The number of aliphatic hydroxyl groups is 1. The highest BCUT2D eigenvalue weighted by atomic mass is 79.9. The molecule has 1 N–H and O–H groups in total. The van der Waals surface area contributed by atoms with Crippen LogP contribution in [0.5, 0.6) is 0 Å². The number of hydrogen-bond acceptors (Lipinski definition) is 2. The van der Waals surface area contributed by atoms with Crippen molar-refractivity contribution >= 4 is 15.9 Å². The molecule has 1 aromatic heterocycles. The number of halogens is 1. The molecule has 1 unspecified atom stereocenters. The number of rotatable bonds is 2. The molecule has 0 fully saturated rings. The first-order valence-electron chi connectivity index (χ1n) is 5.08. The van der Waals surface area contributed by atoms with Crippen LogP contribution in [-0.4, -0.2) is 10.1 Å². The van der Waals surface area contributed by atoms with Crippen molar-refractivity contribution in [2.24, 2.45) is 0 Å². The lowest BCUT2D eigenvalue weighted by molar-refractivity contribution is 0.200.